The van der Waals surface area contributed by atoms with Crippen LogP contribution in [0.5, 0.6) is 0 Å². The van der Waals surface area contributed by atoms with E-state index in [0.29, 0.717) is 18.2 Å². The van der Waals surface area contributed by atoms with Crippen molar-refractivity contribution in [3.63, 3.8) is 0 Å². The molecular formula is C19H21N3O4. The number of nitrogens with zero attached hydrogens (tertiary/aromatic N) is 3. The molecular weight excluding hydrogens is 334 g/mol. The quantitative estimate of drug-likeness (QED) is 0.850. The molecule has 1 atom stereocenters. The Bertz CT molecular complexity index is 792. The van der Waals surface area contributed by atoms with Crippen LogP contribution in [0.3, 0.4) is 0 Å². The van der Waals surface area contributed by atoms with Gasteiger partial charge in [0.15, 0.2) is 0 Å². The highest BCUT2D eigenvalue weighted by Gasteiger charge is 2.26. The van der Waals surface area contributed by atoms with E-state index >= 15 is 0 Å². The Morgan fingerprint density at radius 1 is 1.27 bits per heavy atom. The van der Waals surface area contributed by atoms with Crippen molar-refractivity contribution in [1.82, 2.24) is 14.9 Å². The molecule has 1 amide bonds. The van der Waals surface area contributed by atoms with Gasteiger partial charge in [0.1, 0.15) is 6.61 Å². The number of carbonyl (C=O) groups is 2. The van der Waals surface area contributed by atoms with Gasteiger partial charge in [-0.25, -0.2) is 9.78 Å². The lowest BCUT2D eigenvalue weighted by Gasteiger charge is -2.16. The summed E-state index contributed by atoms with van der Waals surface area (Å²) in [5, 5.41) is 8.98. The van der Waals surface area contributed by atoms with E-state index in [0.717, 1.165) is 30.6 Å². The summed E-state index contributed by atoms with van der Waals surface area (Å²) in [5.74, 6) is -0.576. The minimum Gasteiger partial charge on any atom is -0.478 e. The van der Waals surface area contributed by atoms with Crippen LogP contribution < -0.4 is 0 Å². The third-order valence-electron chi connectivity index (χ3n) is 4.52. The molecule has 0 radical (unpaired) electrons. The highest BCUT2D eigenvalue weighted by Crippen LogP contribution is 2.22. The second-order valence-corrected chi connectivity index (χ2v) is 6.41. The summed E-state index contributed by atoms with van der Waals surface area (Å²) >= 11 is 0. The molecule has 1 aromatic heterocycles. The number of carboxylic acids is 1. The first-order chi connectivity index (χ1) is 12.6. The number of hydrogen-bond donors (Lipinski definition) is 1. The molecule has 26 heavy (non-hydrogen) atoms. The Labute approximate surface area is 151 Å². The zero-order chi connectivity index (χ0) is 18.5. The molecule has 1 saturated heterocycles. The van der Waals surface area contributed by atoms with Gasteiger partial charge in [-0.2, -0.15) is 0 Å². The Morgan fingerprint density at radius 2 is 2.04 bits per heavy atom. The smallest absolute Gasteiger partial charge is 0.335 e. The van der Waals surface area contributed by atoms with E-state index in [1.54, 1.807) is 36.7 Å². The van der Waals surface area contributed by atoms with E-state index in [9.17, 15) is 9.59 Å². The number of ether oxygens (including phenoxy) is 1. The van der Waals surface area contributed by atoms with Gasteiger partial charge in [-0.05, 0) is 30.9 Å². The second-order valence-electron chi connectivity index (χ2n) is 6.41. The minimum atomic E-state index is -0.954. The Kier molecular flexibility index (Phi) is 5.58. The molecule has 7 nitrogen and oxygen atoms in total. The zero-order valence-electron chi connectivity index (χ0n) is 14.6. The van der Waals surface area contributed by atoms with E-state index in [1.165, 1.54) is 7.11 Å². The van der Waals surface area contributed by atoms with Crippen LogP contribution in [0.25, 0.3) is 11.3 Å². The van der Waals surface area contributed by atoms with Crippen molar-refractivity contribution in [2.45, 2.75) is 12.8 Å². The SMILES string of the molecule is COCC(=O)N1CC[C@@H](Cc2cncc(-c3ccc(C(=O)O)cc3)n2)C1. The number of aromatic carboxylic acids is 1. The van der Waals surface area contributed by atoms with Gasteiger partial charge in [-0.15, -0.1) is 0 Å². The minimum absolute atomic E-state index is 0.0216. The van der Waals surface area contributed by atoms with Crippen LogP contribution in [0, 0.1) is 5.92 Å². The highest BCUT2D eigenvalue weighted by molar-refractivity contribution is 5.88. The number of rotatable bonds is 6. The van der Waals surface area contributed by atoms with Crippen molar-refractivity contribution in [3.8, 4) is 11.3 Å². The number of benzene rings is 1. The van der Waals surface area contributed by atoms with E-state index < -0.39 is 5.97 Å². The van der Waals surface area contributed by atoms with Gasteiger partial charge in [0.2, 0.25) is 5.91 Å². The van der Waals surface area contributed by atoms with Crippen molar-refractivity contribution in [3.05, 3.63) is 47.9 Å². The molecule has 3 rings (SSSR count). The third-order valence-corrected chi connectivity index (χ3v) is 4.52. The van der Waals surface area contributed by atoms with Crippen LogP contribution in [-0.2, 0) is 16.0 Å². The molecule has 1 aromatic carbocycles. The molecule has 2 heterocycles. The molecule has 7 heteroatoms. The van der Waals surface area contributed by atoms with E-state index in [1.807, 2.05) is 4.90 Å². The maximum absolute atomic E-state index is 11.9. The summed E-state index contributed by atoms with van der Waals surface area (Å²) in [6.45, 7) is 1.58. The first-order valence-corrected chi connectivity index (χ1v) is 8.48. The van der Waals surface area contributed by atoms with Gasteiger partial charge in [-0.1, -0.05) is 12.1 Å². The Hall–Kier alpha value is -2.80. The highest BCUT2D eigenvalue weighted by atomic mass is 16.5. The Morgan fingerprint density at radius 3 is 2.73 bits per heavy atom. The van der Waals surface area contributed by atoms with Gasteiger partial charge in [-0.3, -0.25) is 9.78 Å². The van der Waals surface area contributed by atoms with Gasteiger partial charge in [0, 0.05) is 32.0 Å². The molecule has 1 aliphatic rings. The van der Waals surface area contributed by atoms with Crippen LogP contribution >= 0.6 is 0 Å². The first kappa shape index (κ1) is 18.0. The lowest BCUT2D eigenvalue weighted by Crippen LogP contribution is -2.31. The lowest BCUT2D eigenvalue weighted by molar-refractivity contribution is -0.134. The summed E-state index contributed by atoms with van der Waals surface area (Å²) in [7, 11) is 1.52. The number of hydrogen-bond acceptors (Lipinski definition) is 5. The monoisotopic (exact) mass is 355 g/mol. The van der Waals surface area contributed by atoms with Crippen LogP contribution in [-0.4, -0.2) is 58.7 Å². The fourth-order valence-electron chi connectivity index (χ4n) is 3.16. The first-order valence-electron chi connectivity index (χ1n) is 8.48. The van der Waals surface area contributed by atoms with Crippen LogP contribution in [0.1, 0.15) is 22.5 Å². The molecule has 0 spiro atoms. The van der Waals surface area contributed by atoms with E-state index in [2.05, 4.69) is 9.97 Å². The van der Waals surface area contributed by atoms with Crippen molar-refractivity contribution in [2.75, 3.05) is 26.8 Å². The van der Waals surface area contributed by atoms with Crippen molar-refractivity contribution < 1.29 is 19.4 Å². The van der Waals surface area contributed by atoms with Crippen molar-refractivity contribution in [2.24, 2.45) is 5.92 Å². The number of likely N-dealkylation sites (tertiary alicyclic amines) is 1. The van der Waals surface area contributed by atoms with Gasteiger partial charge >= 0.3 is 5.97 Å². The van der Waals surface area contributed by atoms with E-state index in [-0.39, 0.29) is 18.1 Å². The average molecular weight is 355 g/mol. The number of carboxylic acid groups (broad SMARTS) is 1. The average Bonchev–Trinajstić information content (AvgIpc) is 3.11. The summed E-state index contributed by atoms with van der Waals surface area (Å²) in [4.78, 5) is 33.6. The summed E-state index contributed by atoms with van der Waals surface area (Å²) in [6.07, 6.45) is 5.11. The number of carbonyl (C=O) groups excluding carboxylic acids is 1. The predicted molar refractivity (Wildman–Crippen MR) is 94.7 cm³/mol. The summed E-state index contributed by atoms with van der Waals surface area (Å²) in [6, 6.07) is 6.58. The largest absolute Gasteiger partial charge is 0.478 e. The maximum Gasteiger partial charge on any atom is 0.335 e. The molecule has 1 aliphatic heterocycles. The molecule has 0 bridgehead atoms. The van der Waals surface area contributed by atoms with Crippen molar-refractivity contribution >= 4 is 11.9 Å². The Balaban J connectivity index is 1.66. The van der Waals surface area contributed by atoms with E-state index in [4.69, 9.17) is 9.84 Å². The predicted octanol–water partition coefficient (Wildman–Crippen LogP) is 1.88. The van der Waals surface area contributed by atoms with Gasteiger partial charge in [0.25, 0.3) is 0 Å². The third kappa shape index (κ3) is 4.23. The lowest BCUT2D eigenvalue weighted by atomic mass is 10.0. The number of aromatic nitrogens is 2. The second kappa shape index (κ2) is 8.05. The maximum atomic E-state index is 11.9. The number of methoxy groups -OCH3 is 1. The topological polar surface area (TPSA) is 92.6 Å². The fraction of sp³-hybridized carbons (Fsp3) is 0.368. The molecule has 2 aromatic rings. The molecule has 0 aliphatic carbocycles. The molecule has 0 unspecified atom stereocenters. The number of amides is 1. The standard InChI is InChI=1S/C19H21N3O4/c1-26-12-18(23)22-7-6-13(11-22)8-16-9-20-10-17(21-16)14-2-4-15(5-3-14)19(24)25/h2-5,9-10,13H,6-8,11-12H2,1H3,(H,24,25)/t13-/m0/s1. The summed E-state index contributed by atoms with van der Waals surface area (Å²) in [5.41, 5.74) is 2.65. The summed E-state index contributed by atoms with van der Waals surface area (Å²) < 4.78 is 4.91. The van der Waals surface area contributed by atoms with Crippen LogP contribution in [0.4, 0.5) is 0 Å². The normalized spacial score (nSPS) is 16.7. The van der Waals surface area contributed by atoms with Crippen LogP contribution in [0.2, 0.25) is 0 Å². The van der Waals surface area contributed by atoms with Gasteiger partial charge in [0.05, 0.1) is 23.1 Å². The zero-order valence-corrected chi connectivity index (χ0v) is 14.6. The van der Waals surface area contributed by atoms with Crippen molar-refractivity contribution in [1.29, 1.82) is 0 Å². The molecule has 0 saturated carbocycles. The molecule has 136 valence electrons. The molecule has 1 fully saturated rings. The van der Waals surface area contributed by atoms with Gasteiger partial charge < -0.3 is 14.7 Å². The fourth-order valence-corrected chi connectivity index (χ4v) is 3.16. The van der Waals surface area contributed by atoms with Crippen LogP contribution in [0.15, 0.2) is 36.7 Å². The molecule has 1 N–H and O–H groups in total.